The van der Waals surface area contributed by atoms with Gasteiger partial charge in [-0.3, -0.25) is 4.79 Å². The first-order chi connectivity index (χ1) is 11.2. The molecule has 0 unspecified atom stereocenters. The number of likely N-dealkylation sites (tertiary alicyclic amines) is 1. The third kappa shape index (κ3) is 3.38. The Balaban J connectivity index is 1.94. The largest absolute Gasteiger partial charge is 0.494 e. The monoisotopic (exact) mass is 315 g/mol. The average Bonchev–Trinajstić information content (AvgIpc) is 2.83. The summed E-state index contributed by atoms with van der Waals surface area (Å²) in [6.07, 6.45) is 4.25. The van der Waals surface area contributed by atoms with E-state index in [-0.39, 0.29) is 11.5 Å². The molecule has 23 heavy (non-hydrogen) atoms. The lowest BCUT2D eigenvalue weighted by molar-refractivity contribution is 0.0757. The van der Waals surface area contributed by atoms with Crippen molar-refractivity contribution in [2.24, 2.45) is 0 Å². The van der Waals surface area contributed by atoms with Crippen LogP contribution in [0.5, 0.6) is 5.75 Å². The molecule has 5 nitrogen and oxygen atoms in total. The lowest BCUT2D eigenvalue weighted by atomic mass is 10.1. The molecule has 5 heteroatoms. The Labute approximate surface area is 134 Å². The maximum absolute atomic E-state index is 12.6. The first kappa shape index (κ1) is 15.6. The average molecular weight is 315 g/mol. The second-order valence-electron chi connectivity index (χ2n) is 5.79. The van der Waals surface area contributed by atoms with Crippen LogP contribution in [0.3, 0.4) is 0 Å². The van der Waals surface area contributed by atoms with E-state index < -0.39 is 5.63 Å². The van der Waals surface area contributed by atoms with Crippen LogP contribution in [0.1, 0.15) is 43.0 Å². The van der Waals surface area contributed by atoms with Crippen molar-refractivity contribution in [2.75, 3.05) is 19.7 Å². The lowest BCUT2D eigenvalue weighted by Crippen LogP contribution is -2.34. The number of amides is 1. The summed E-state index contributed by atoms with van der Waals surface area (Å²) in [6.45, 7) is 3.85. The minimum atomic E-state index is -0.583. The standard InChI is InChI=1S/C18H21NO4/c1-2-22-14-8-7-13-11-15(18(21)23-16(13)12-14)17(20)19-9-5-3-4-6-10-19/h7-8,11-12H,2-6,9-10H2,1H3. The highest BCUT2D eigenvalue weighted by Gasteiger charge is 2.21. The summed E-state index contributed by atoms with van der Waals surface area (Å²) >= 11 is 0. The van der Waals surface area contributed by atoms with Crippen molar-refractivity contribution < 1.29 is 13.9 Å². The van der Waals surface area contributed by atoms with Crippen molar-refractivity contribution >= 4 is 16.9 Å². The van der Waals surface area contributed by atoms with Gasteiger partial charge in [-0.15, -0.1) is 0 Å². The first-order valence-corrected chi connectivity index (χ1v) is 8.19. The highest BCUT2D eigenvalue weighted by Crippen LogP contribution is 2.21. The van der Waals surface area contributed by atoms with E-state index >= 15 is 0 Å². The zero-order chi connectivity index (χ0) is 16.2. The predicted molar refractivity (Wildman–Crippen MR) is 88.0 cm³/mol. The molecule has 1 aromatic carbocycles. The van der Waals surface area contributed by atoms with Crippen molar-refractivity contribution in [3.8, 4) is 5.75 Å². The molecule has 1 fully saturated rings. The molecule has 1 amide bonds. The van der Waals surface area contributed by atoms with E-state index in [0.717, 1.165) is 31.1 Å². The number of hydrogen-bond donors (Lipinski definition) is 0. The molecule has 1 aromatic heterocycles. The fraction of sp³-hybridized carbons (Fsp3) is 0.444. The highest BCUT2D eigenvalue weighted by molar-refractivity contribution is 5.96. The molecule has 0 N–H and O–H groups in total. The maximum atomic E-state index is 12.6. The molecule has 0 saturated carbocycles. The number of carbonyl (C=O) groups excluding carboxylic acids is 1. The summed E-state index contributed by atoms with van der Waals surface area (Å²) in [5.74, 6) is 0.422. The number of ether oxygens (including phenoxy) is 1. The first-order valence-electron chi connectivity index (χ1n) is 8.19. The van der Waals surface area contributed by atoms with Crippen LogP contribution in [0.4, 0.5) is 0 Å². The van der Waals surface area contributed by atoms with Gasteiger partial charge < -0.3 is 14.1 Å². The van der Waals surface area contributed by atoms with E-state index in [1.54, 1.807) is 17.0 Å². The smallest absolute Gasteiger partial charge is 0.349 e. The van der Waals surface area contributed by atoms with Gasteiger partial charge in [0.2, 0.25) is 0 Å². The van der Waals surface area contributed by atoms with Gasteiger partial charge in [0.15, 0.2) is 0 Å². The molecule has 2 heterocycles. The Hall–Kier alpha value is -2.30. The van der Waals surface area contributed by atoms with Gasteiger partial charge >= 0.3 is 5.63 Å². The molecule has 3 rings (SSSR count). The third-order valence-corrected chi connectivity index (χ3v) is 4.14. The molecule has 1 aliphatic rings. The minimum absolute atomic E-state index is 0.114. The van der Waals surface area contributed by atoms with Crippen molar-refractivity contribution in [1.82, 2.24) is 4.90 Å². The van der Waals surface area contributed by atoms with Gasteiger partial charge in [0.05, 0.1) is 6.61 Å². The normalized spacial score (nSPS) is 15.4. The molecule has 0 radical (unpaired) electrons. The molecule has 0 bridgehead atoms. The molecule has 0 aliphatic carbocycles. The van der Waals surface area contributed by atoms with Gasteiger partial charge in [0, 0.05) is 24.5 Å². The predicted octanol–water partition coefficient (Wildman–Crippen LogP) is 3.21. The highest BCUT2D eigenvalue weighted by atomic mass is 16.5. The van der Waals surface area contributed by atoms with E-state index in [1.165, 1.54) is 0 Å². The quantitative estimate of drug-likeness (QED) is 0.816. The number of hydrogen-bond acceptors (Lipinski definition) is 4. The van der Waals surface area contributed by atoms with E-state index in [2.05, 4.69) is 0 Å². The van der Waals surface area contributed by atoms with Crippen molar-refractivity contribution in [3.63, 3.8) is 0 Å². The van der Waals surface area contributed by atoms with Crippen LogP contribution < -0.4 is 10.4 Å². The summed E-state index contributed by atoms with van der Waals surface area (Å²) in [5.41, 5.74) is -0.0303. The van der Waals surface area contributed by atoms with Gasteiger partial charge in [0.25, 0.3) is 5.91 Å². The van der Waals surface area contributed by atoms with Crippen molar-refractivity contribution in [3.05, 3.63) is 40.2 Å². The second-order valence-corrected chi connectivity index (χ2v) is 5.79. The molecular formula is C18H21NO4. The molecule has 1 aliphatic heterocycles. The zero-order valence-electron chi connectivity index (χ0n) is 13.3. The summed E-state index contributed by atoms with van der Waals surface area (Å²) < 4.78 is 10.7. The number of rotatable bonds is 3. The Kier molecular flexibility index (Phi) is 4.65. The molecule has 122 valence electrons. The van der Waals surface area contributed by atoms with Gasteiger partial charge in [-0.1, -0.05) is 12.8 Å². The summed E-state index contributed by atoms with van der Waals surface area (Å²) in [4.78, 5) is 26.6. The fourth-order valence-electron chi connectivity index (χ4n) is 2.94. The Morgan fingerprint density at radius 1 is 1.17 bits per heavy atom. The molecule has 2 aromatic rings. The van der Waals surface area contributed by atoms with Crippen LogP contribution in [0, 0.1) is 0 Å². The van der Waals surface area contributed by atoms with Crippen LogP contribution in [0.15, 0.2) is 33.5 Å². The zero-order valence-corrected chi connectivity index (χ0v) is 13.3. The molecule has 1 saturated heterocycles. The van der Waals surface area contributed by atoms with E-state index in [1.807, 2.05) is 19.1 Å². The van der Waals surface area contributed by atoms with Crippen molar-refractivity contribution in [2.45, 2.75) is 32.6 Å². The maximum Gasteiger partial charge on any atom is 0.349 e. The number of fused-ring (bicyclic) bond motifs is 1. The lowest BCUT2D eigenvalue weighted by Gasteiger charge is -2.19. The van der Waals surface area contributed by atoms with E-state index in [0.29, 0.717) is 31.0 Å². The summed E-state index contributed by atoms with van der Waals surface area (Å²) in [6, 6.07) is 6.93. The summed E-state index contributed by atoms with van der Waals surface area (Å²) in [5, 5.41) is 0.728. The molecule has 0 spiro atoms. The van der Waals surface area contributed by atoms with Gasteiger partial charge in [-0.25, -0.2) is 4.79 Å². The Bertz CT molecular complexity index is 757. The van der Waals surface area contributed by atoms with Gasteiger partial charge in [-0.05, 0) is 38.0 Å². The van der Waals surface area contributed by atoms with Crippen LogP contribution in [0.25, 0.3) is 11.0 Å². The minimum Gasteiger partial charge on any atom is -0.494 e. The van der Waals surface area contributed by atoms with E-state index in [4.69, 9.17) is 9.15 Å². The SMILES string of the molecule is CCOc1ccc2cc(C(=O)N3CCCCCC3)c(=O)oc2c1. The summed E-state index contributed by atoms with van der Waals surface area (Å²) in [7, 11) is 0. The second kappa shape index (κ2) is 6.86. The fourth-order valence-corrected chi connectivity index (χ4v) is 2.94. The number of benzene rings is 1. The number of nitrogens with zero attached hydrogens (tertiary/aromatic N) is 1. The molecular weight excluding hydrogens is 294 g/mol. The third-order valence-electron chi connectivity index (χ3n) is 4.14. The van der Waals surface area contributed by atoms with Gasteiger partial charge in [0.1, 0.15) is 16.9 Å². The van der Waals surface area contributed by atoms with Crippen LogP contribution >= 0.6 is 0 Å². The molecule has 0 atom stereocenters. The van der Waals surface area contributed by atoms with Crippen LogP contribution in [-0.4, -0.2) is 30.5 Å². The topological polar surface area (TPSA) is 59.8 Å². The van der Waals surface area contributed by atoms with Crippen LogP contribution in [-0.2, 0) is 0 Å². The van der Waals surface area contributed by atoms with Crippen molar-refractivity contribution in [1.29, 1.82) is 0 Å². The van der Waals surface area contributed by atoms with E-state index in [9.17, 15) is 9.59 Å². The Morgan fingerprint density at radius 3 is 2.61 bits per heavy atom. The van der Waals surface area contributed by atoms with Gasteiger partial charge in [-0.2, -0.15) is 0 Å². The van der Waals surface area contributed by atoms with Crippen LogP contribution in [0.2, 0.25) is 0 Å². The number of carbonyl (C=O) groups is 1. The Morgan fingerprint density at radius 2 is 1.91 bits per heavy atom.